The molecule has 1 fully saturated rings. The summed E-state index contributed by atoms with van der Waals surface area (Å²) in [5.74, 6) is 0.238. The third-order valence-corrected chi connectivity index (χ3v) is 19.1. The van der Waals surface area contributed by atoms with E-state index in [9.17, 15) is 14.7 Å². The molecule has 240 valence electrons. The van der Waals surface area contributed by atoms with E-state index in [1.807, 2.05) is 36.4 Å². The summed E-state index contributed by atoms with van der Waals surface area (Å²) < 4.78 is 21.9. The molecule has 0 radical (unpaired) electrons. The Kier molecular flexibility index (Phi) is 10.0. The number of hydrogen-bond donors (Lipinski definition) is 2. The first-order valence-electron chi connectivity index (χ1n) is 15.7. The van der Waals surface area contributed by atoms with Crippen molar-refractivity contribution in [1.82, 2.24) is 9.55 Å². The third kappa shape index (κ3) is 7.04. The second-order valence-corrected chi connectivity index (χ2v) is 23.7. The number of aromatic amines is 1. The fourth-order valence-corrected chi connectivity index (χ4v) is 10.9. The summed E-state index contributed by atoms with van der Waals surface area (Å²) in [5.41, 5.74) is 3.00. The average Bonchev–Trinajstić information content (AvgIpc) is 3.31. The van der Waals surface area contributed by atoms with Crippen molar-refractivity contribution in [2.75, 3.05) is 6.61 Å². The average molecular weight is 639 g/mol. The monoisotopic (exact) mass is 638 g/mol. The molecule has 10 heteroatoms. The van der Waals surface area contributed by atoms with Gasteiger partial charge in [-0.25, -0.2) is 4.79 Å². The van der Waals surface area contributed by atoms with Crippen LogP contribution in [0.15, 0.2) is 57.9 Å². The number of rotatable bonds is 10. The predicted octanol–water partition coefficient (Wildman–Crippen LogP) is 7.42. The molecule has 0 aliphatic carbocycles. The molecule has 44 heavy (non-hydrogen) atoms. The van der Waals surface area contributed by atoms with Crippen LogP contribution in [0.25, 0.3) is 16.8 Å². The molecule has 1 aromatic heterocycles. The van der Waals surface area contributed by atoms with E-state index in [4.69, 9.17) is 13.6 Å². The van der Waals surface area contributed by atoms with Crippen LogP contribution >= 0.6 is 0 Å². The van der Waals surface area contributed by atoms with Crippen molar-refractivity contribution >= 4 is 33.5 Å². The minimum Gasteiger partial charge on any atom is -0.507 e. The molecular weight excluding hydrogens is 589 g/mol. The Morgan fingerprint density at radius 3 is 2.30 bits per heavy atom. The smallest absolute Gasteiger partial charge is 0.330 e. The fourth-order valence-electron chi connectivity index (χ4n) is 5.76. The summed E-state index contributed by atoms with van der Waals surface area (Å²) in [7, 11) is -4.77. The van der Waals surface area contributed by atoms with E-state index in [1.165, 1.54) is 4.57 Å². The highest BCUT2D eigenvalue weighted by Gasteiger charge is 2.47. The summed E-state index contributed by atoms with van der Waals surface area (Å²) in [6.45, 7) is 21.8. The zero-order valence-electron chi connectivity index (χ0n) is 27.9. The molecule has 0 spiro atoms. The Morgan fingerprint density at radius 1 is 1.09 bits per heavy atom. The standard InChI is InChI=1S/C34H50N2O6Si2/c1-22(2)44(23(3)4,16-15-27-17-25-13-11-12-14-26(25)18-28(27)37)40-21-30-29(42-43(9,10)34(6,7)8)19-31(41-30)36-20-24(5)32(38)35-33(36)39/h11-18,20,22-23,29-31,37H,19,21H2,1-10H3,(H,35,38,39)/b16-15+/t29-,30+,31+/m0/s1. The number of aryl methyl sites for hydroxylation is 1. The Balaban J connectivity index is 1.66. The van der Waals surface area contributed by atoms with Crippen molar-refractivity contribution < 1.29 is 18.7 Å². The minimum absolute atomic E-state index is 0.0130. The van der Waals surface area contributed by atoms with Crippen LogP contribution in [0, 0.1) is 6.92 Å². The summed E-state index contributed by atoms with van der Waals surface area (Å²) in [6, 6.07) is 11.8. The van der Waals surface area contributed by atoms with Crippen molar-refractivity contribution in [3.8, 4) is 5.75 Å². The molecule has 4 rings (SSSR count). The molecule has 8 nitrogen and oxygen atoms in total. The Bertz CT molecular complexity index is 1610. The largest absolute Gasteiger partial charge is 0.507 e. The molecular formula is C34H50N2O6Si2. The maximum atomic E-state index is 12.8. The lowest BCUT2D eigenvalue weighted by Gasteiger charge is -2.40. The van der Waals surface area contributed by atoms with Gasteiger partial charge in [-0.05, 0) is 59.0 Å². The van der Waals surface area contributed by atoms with Crippen molar-refractivity contribution in [2.24, 2.45) is 0 Å². The highest BCUT2D eigenvalue weighted by atomic mass is 28.4. The summed E-state index contributed by atoms with van der Waals surface area (Å²) in [4.78, 5) is 27.3. The molecule has 1 saturated heterocycles. The van der Waals surface area contributed by atoms with Gasteiger partial charge < -0.3 is 18.7 Å². The van der Waals surface area contributed by atoms with E-state index in [1.54, 1.807) is 19.2 Å². The molecule has 1 aliphatic heterocycles. The van der Waals surface area contributed by atoms with Crippen molar-refractivity contribution in [3.63, 3.8) is 0 Å². The van der Waals surface area contributed by atoms with Crippen LogP contribution < -0.4 is 11.2 Å². The number of phenolic OH excluding ortho intramolecular Hbond substituents is 1. The number of aromatic hydroxyl groups is 1. The predicted molar refractivity (Wildman–Crippen MR) is 183 cm³/mol. The Morgan fingerprint density at radius 2 is 1.70 bits per heavy atom. The number of nitrogens with zero attached hydrogens (tertiary/aromatic N) is 1. The summed E-state index contributed by atoms with van der Waals surface area (Å²) >= 11 is 0. The lowest BCUT2D eigenvalue weighted by molar-refractivity contribution is -0.0411. The molecule has 0 amide bonds. The Hall–Kier alpha value is -2.77. The van der Waals surface area contributed by atoms with Gasteiger partial charge in [-0.3, -0.25) is 14.3 Å². The second-order valence-electron chi connectivity index (χ2n) is 14.3. The van der Waals surface area contributed by atoms with Crippen LogP contribution in [0.5, 0.6) is 5.75 Å². The number of hydrogen-bond acceptors (Lipinski definition) is 6. The zero-order chi connectivity index (χ0) is 32.6. The molecule has 3 atom stereocenters. The first-order chi connectivity index (χ1) is 20.4. The lowest BCUT2D eigenvalue weighted by Crippen LogP contribution is -2.49. The van der Waals surface area contributed by atoms with Gasteiger partial charge in [0.2, 0.25) is 8.32 Å². The van der Waals surface area contributed by atoms with E-state index >= 15 is 0 Å². The topological polar surface area (TPSA) is 103 Å². The van der Waals surface area contributed by atoms with Crippen molar-refractivity contribution in [1.29, 1.82) is 0 Å². The molecule has 2 heterocycles. The van der Waals surface area contributed by atoms with Crippen LogP contribution in [-0.4, -0.2) is 50.1 Å². The van der Waals surface area contributed by atoms with Crippen LogP contribution in [0.1, 0.15) is 72.2 Å². The molecule has 3 aromatic rings. The van der Waals surface area contributed by atoms with Gasteiger partial charge in [-0.1, -0.05) is 84.5 Å². The highest BCUT2D eigenvalue weighted by Crippen LogP contribution is 2.42. The van der Waals surface area contributed by atoms with Gasteiger partial charge in [-0.2, -0.15) is 0 Å². The van der Waals surface area contributed by atoms with Crippen LogP contribution in [0.4, 0.5) is 0 Å². The number of fused-ring (bicyclic) bond motifs is 1. The first kappa shape index (κ1) is 34.1. The van der Waals surface area contributed by atoms with E-state index in [-0.39, 0.29) is 28.0 Å². The molecule has 0 unspecified atom stereocenters. The number of H-pyrrole nitrogens is 1. The number of aromatic nitrogens is 2. The van der Waals surface area contributed by atoms with E-state index in [0.29, 0.717) is 18.6 Å². The summed E-state index contributed by atoms with van der Waals surface area (Å²) in [5, 5.41) is 12.9. The van der Waals surface area contributed by atoms with Crippen LogP contribution in [0.3, 0.4) is 0 Å². The molecule has 2 aromatic carbocycles. The van der Waals surface area contributed by atoms with Crippen molar-refractivity contribution in [2.45, 2.75) is 109 Å². The Labute approximate surface area is 263 Å². The number of benzene rings is 2. The molecule has 0 saturated carbocycles. The quantitative estimate of drug-likeness (QED) is 0.224. The normalized spacial score (nSPS) is 20.0. The number of ether oxygens (including phenoxy) is 1. The fraction of sp³-hybridized carbons (Fsp3) is 0.529. The molecule has 2 N–H and O–H groups in total. The van der Waals surface area contributed by atoms with Crippen LogP contribution in [0.2, 0.25) is 29.2 Å². The maximum Gasteiger partial charge on any atom is 0.330 e. The van der Waals surface area contributed by atoms with Gasteiger partial charge in [0.05, 0.1) is 12.7 Å². The maximum absolute atomic E-state index is 12.8. The van der Waals surface area contributed by atoms with Gasteiger partial charge in [0.15, 0.2) is 8.32 Å². The number of nitrogens with one attached hydrogen (secondary N) is 1. The van der Waals surface area contributed by atoms with Gasteiger partial charge in [0, 0.05) is 23.7 Å². The highest BCUT2D eigenvalue weighted by molar-refractivity contribution is 6.81. The molecule has 0 bridgehead atoms. The first-order valence-corrected chi connectivity index (χ1v) is 20.7. The third-order valence-electron chi connectivity index (χ3n) is 9.61. The zero-order valence-corrected chi connectivity index (χ0v) is 29.9. The van der Waals surface area contributed by atoms with Gasteiger partial charge >= 0.3 is 5.69 Å². The van der Waals surface area contributed by atoms with Crippen LogP contribution in [-0.2, 0) is 13.6 Å². The van der Waals surface area contributed by atoms with E-state index in [2.05, 4.69) is 72.2 Å². The number of phenols is 1. The second kappa shape index (κ2) is 12.9. The van der Waals surface area contributed by atoms with E-state index in [0.717, 1.165) is 16.3 Å². The SMILES string of the molecule is Cc1cn([C@H]2C[C@H](O[Si](C)(C)C(C)(C)C)[C@@H](CO[Si](/C=C/c3cc4ccccc4cc3O)(C(C)C)C(C)C)O2)c(=O)[nH]c1=O. The lowest BCUT2D eigenvalue weighted by atomic mass is 10.1. The molecule has 1 aliphatic rings. The summed E-state index contributed by atoms with van der Waals surface area (Å²) in [6.07, 6.45) is 2.79. The van der Waals surface area contributed by atoms with Gasteiger partial charge in [0.25, 0.3) is 5.56 Å². The van der Waals surface area contributed by atoms with Crippen molar-refractivity contribution in [3.05, 3.63) is 80.3 Å². The van der Waals surface area contributed by atoms with E-state index < -0.39 is 40.2 Å². The minimum atomic E-state index is -2.58. The van der Waals surface area contributed by atoms with Gasteiger partial charge in [-0.15, -0.1) is 0 Å². The van der Waals surface area contributed by atoms with Gasteiger partial charge in [0.1, 0.15) is 18.1 Å².